The van der Waals surface area contributed by atoms with Crippen LogP contribution < -0.4 is 10.6 Å². The van der Waals surface area contributed by atoms with Gasteiger partial charge in [0.1, 0.15) is 5.82 Å². The lowest BCUT2D eigenvalue weighted by molar-refractivity contribution is 0.797. The molecular formula is C15H17IN6. The van der Waals surface area contributed by atoms with E-state index in [2.05, 4.69) is 55.2 Å². The minimum atomic E-state index is 0.577. The molecule has 0 bridgehead atoms. The van der Waals surface area contributed by atoms with E-state index in [1.807, 2.05) is 42.3 Å². The molecule has 0 amide bonds. The predicted octanol–water partition coefficient (Wildman–Crippen LogP) is 3.53. The fourth-order valence-electron chi connectivity index (χ4n) is 2.25. The second kappa shape index (κ2) is 6.47. The highest BCUT2D eigenvalue weighted by atomic mass is 127. The average Bonchev–Trinajstić information content (AvgIpc) is 2.90. The third kappa shape index (κ3) is 2.99. The molecule has 0 radical (unpaired) electrons. The Morgan fingerprint density at radius 3 is 2.95 bits per heavy atom. The van der Waals surface area contributed by atoms with Gasteiger partial charge in [0.25, 0.3) is 0 Å². The van der Waals surface area contributed by atoms with E-state index in [-0.39, 0.29) is 0 Å². The second-order valence-electron chi connectivity index (χ2n) is 4.95. The van der Waals surface area contributed by atoms with Gasteiger partial charge in [-0.15, -0.1) is 0 Å². The summed E-state index contributed by atoms with van der Waals surface area (Å²) in [7, 11) is 1.93. The number of hydrogen-bond donors (Lipinski definition) is 2. The molecule has 7 heteroatoms. The van der Waals surface area contributed by atoms with Crippen molar-refractivity contribution in [2.45, 2.75) is 13.3 Å². The minimum absolute atomic E-state index is 0.577. The van der Waals surface area contributed by atoms with Crippen molar-refractivity contribution in [1.29, 1.82) is 0 Å². The average molecular weight is 408 g/mol. The molecule has 2 aromatic heterocycles. The molecule has 0 aliphatic heterocycles. The van der Waals surface area contributed by atoms with Crippen molar-refractivity contribution in [3.63, 3.8) is 0 Å². The Kier molecular flexibility index (Phi) is 4.41. The first-order valence-corrected chi connectivity index (χ1v) is 8.21. The van der Waals surface area contributed by atoms with E-state index in [4.69, 9.17) is 0 Å². The van der Waals surface area contributed by atoms with E-state index in [0.29, 0.717) is 5.95 Å². The number of aryl methyl sites for hydroxylation is 1. The van der Waals surface area contributed by atoms with Crippen LogP contribution in [0.15, 0.2) is 30.6 Å². The largest absolute Gasteiger partial charge is 0.369 e. The molecule has 1 aromatic carbocycles. The smallest absolute Gasteiger partial charge is 0.229 e. The third-order valence-corrected chi connectivity index (χ3v) is 4.08. The van der Waals surface area contributed by atoms with Crippen LogP contribution in [0.4, 0.5) is 17.5 Å². The van der Waals surface area contributed by atoms with Crippen LogP contribution in [0.2, 0.25) is 0 Å². The fourth-order valence-corrected chi connectivity index (χ4v) is 2.70. The second-order valence-corrected chi connectivity index (χ2v) is 6.12. The van der Waals surface area contributed by atoms with Gasteiger partial charge in [-0.25, -0.2) is 4.98 Å². The van der Waals surface area contributed by atoms with Gasteiger partial charge < -0.3 is 10.6 Å². The monoisotopic (exact) mass is 408 g/mol. The molecular weight excluding hydrogens is 391 g/mol. The summed E-state index contributed by atoms with van der Waals surface area (Å²) in [6.07, 6.45) is 4.72. The highest BCUT2D eigenvalue weighted by Gasteiger charge is 2.09. The molecule has 6 nitrogen and oxygen atoms in total. The van der Waals surface area contributed by atoms with Crippen LogP contribution in [-0.4, -0.2) is 26.3 Å². The van der Waals surface area contributed by atoms with E-state index in [9.17, 15) is 0 Å². The summed E-state index contributed by atoms with van der Waals surface area (Å²) in [6, 6.07) is 6.04. The van der Waals surface area contributed by atoms with E-state index in [0.717, 1.165) is 38.9 Å². The predicted molar refractivity (Wildman–Crippen MR) is 97.5 cm³/mol. The molecule has 22 heavy (non-hydrogen) atoms. The highest BCUT2D eigenvalue weighted by molar-refractivity contribution is 14.1. The van der Waals surface area contributed by atoms with Gasteiger partial charge in [0, 0.05) is 25.2 Å². The molecule has 0 spiro atoms. The van der Waals surface area contributed by atoms with E-state index in [1.165, 1.54) is 0 Å². The molecule has 0 fully saturated rings. The zero-order valence-electron chi connectivity index (χ0n) is 12.5. The van der Waals surface area contributed by atoms with Crippen LogP contribution in [0.3, 0.4) is 0 Å². The van der Waals surface area contributed by atoms with Gasteiger partial charge in [0.15, 0.2) is 0 Å². The number of anilines is 3. The van der Waals surface area contributed by atoms with Crippen LogP contribution >= 0.6 is 22.6 Å². The third-order valence-electron chi connectivity index (χ3n) is 3.29. The van der Waals surface area contributed by atoms with Gasteiger partial charge in [-0.2, -0.15) is 10.1 Å². The van der Waals surface area contributed by atoms with Gasteiger partial charge in [-0.3, -0.25) is 4.68 Å². The Bertz CT molecular complexity index is 798. The molecule has 0 saturated heterocycles. The zero-order valence-corrected chi connectivity index (χ0v) is 14.6. The number of para-hydroxylation sites is 1. The zero-order chi connectivity index (χ0) is 15.5. The van der Waals surface area contributed by atoms with Crippen molar-refractivity contribution in [2.24, 2.45) is 7.05 Å². The fraction of sp³-hybridized carbons (Fsp3) is 0.267. The molecule has 0 aliphatic rings. The molecule has 114 valence electrons. The van der Waals surface area contributed by atoms with Crippen molar-refractivity contribution < 1.29 is 0 Å². The molecule has 2 N–H and O–H groups in total. The van der Waals surface area contributed by atoms with Gasteiger partial charge in [-0.05, 0) is 35.1 Å². The number of hydrogen-bond acceptors (Lipinski definition) is 5. The number of halogens is 1. The number of nitrogens with zero attached hydrogens (tertiary/aromatic N) is 4. The van der Waals surface area contributed by atoms with Crippen LogP contribution in [0.1, 0.15) is 13.3 Å². The highest BCUT2D eigenvalue weighted by Crippen LogP contribution is 2.25. The number of aromatic nitrogens is 4. The standard InChI is InChI=1S/C15H17IN6/c1-3-7-17-14-11(16)9-18-15(21-14)20-12-6-4-5-10-8-19-22(2)13(10)12/h4-6,8-9H,3,7H2,1-2H3,(H2,17,18,20,21). The molecule has 0 unspecified atom stereocenters. The Labute approximate surface area is 142 Å². The molecule has 2 heterocycles. The van der Waals surface area contributed by atoms with Crippen molar-refractivity contribution in [3.8, 4) is 0 Å². The maximum absolute atomic E-state index is 4.56. The maximum Gasteiger partial charge on any atom is 0.229 e. The van der Waals surface area contributed by atoms with Crippen LogP contribution in [0.25, 0.3) is 10.9 Å². The summed E-state index contributed by atoms with van der Waals surface area (Å²) in [5.41, 5.74) is 1.98. The summed E-state index contributed by atoms with van der Waals surface area (Å²) in [5.74, 6) is 1.44. The van der Waals surface area contributed by atoms with Crippen molar-refractivity contribution in [3.05, 3.63) is 34.2 Å². The summed E-state index contributed by atoms with van der Waals surface area (Å²) in [5, 5.41) is 12.0. The van der Waals surface area contributed by atoms with E-state index < -0.39 is 0 Å². The van der Waals surface area contributed by atoms with Crippen LogP contribution in [0.5, 0.6) is 0 Å². The Morgan fingerprint density at radius 1 is 1.27 bits per heavy atom. The number of benzene rings is 1. The Balaban J connectivity index is 1.93. The van der Waals surface area contributed by atoms with Crippen LogP contribution in [-0.2, 0) is 7.05 Å². The molecule has 0 atom stereocenters. The number of nitrogens with one attached hydrogen (secondary N) is 2. The summed E-state index contributed by atoms with van der Waals surface area (Å²) in [6.45, 7) is 3.02. The lowest BCUT2D eigenvalue weighted by Gasteiger charge is -2.10. The van der Waals surface area contributed by atoms with Crippen molar-refractivity contribution in [2.75, 3.05) is 17.2 Å². The quantitative estimate of drug-likeness (QED) is 0.633. The van der Waals surface area contributed by atoms with Gasteiger partial charge in [0.05, 0.1) is 21.0 Å². The first kappa shape index (κ1) is 15.0. The normalized spacial score (nSPS) is 10.9. The van der Waals surface area contributed by atoms with E-state index >= 15 is 0 Å². The van der Waals surface area contributed by atoms with Gasteiger partial charge in [0.2, 0.25) is 5.95 Å². The summed E-state index contributed by atoms with van der Waals surface area (Å²) < 4.78 is 2.86. The molecule has 3 aromatic rings. The van der Waals surface area contributed by atoms with Gasteiger partial charge in [-0.1, -0.05) is 19.1 Å². The van der Waals surface area contributed by atoms with Crippen molar-refractivity contribution >= 4 is 50.9 Å². The molecule has 3 rings (SSSR count). The topological polar surface area (TPSA) is 67.7 Å². The SMILES string of the molecule is CCCNc1nc(Nc2cccc3cnn(C)c23)ncc1I. The summed E-state index contributed by atoms with van der Waals surface area (Å²) in [4.78, 5) is 8.92. The Hall–Kier alpha value is -1.90. The van der Waals surface area contributed by atoms with E-state index in [1.54, 1.807) is 0 Å². The summed E-state index contributed by atoms with van der Waals surface area (Å²) >= 11 is 2.24. The minimum Gasteiger partial charge on any atom is -0.369 e. The molecule has 0 aliphatic carbocycles. The lowest BCUT2D eigenvalue weighted by Crippen LogP contribution is -2.07. The lowest BCUT2D eigenvalue weighted by atomic mass is 10.2. The number of rotatable bonds is 5. The first-order valence-electron chi connectivity index (χ1n) is 7.13. The Morgan fingerprint density at radius 2 is 2.14 bits per heavy atom. The first-order chi connectivity index (χ1) is 10.7. The molecule has 0 saturated carbocycles. The van der Waals surface area contributed by atoms with Gasteiger partial charge >= 0.3 is 0 Å². The maximum atomic E-state index is 4.56. The number of fused-ring (bicyclic) bond motifs is 1. The van der Waals surface area contributed by atoms with Crippen LogP contribution in [0, 0.1) is 3.57 Å². The van der Waals surface area contributed by atoms with Crippen molar-refractivity contribution in [1.82, 2.24) is 19.7 Å².